The van der Waals surface area contributed by atoms with E-state index < -0.39 is 11.7 Å². The first kappa shape index (κ1) is 12.5. The van der Waals surface area contributed by atoms with Crippen LogP contribution in [0.25, 0.3) is 22.4 Å². The maximum absolute atomic E-state index is 12.6. The number of alkyl halides is 3. The quantitative estimate of drug-likeness (QED) is 0.718. The first-order valence-electron chi connectivity index (χ1n) is 5.65. The fourth-order valence-corrected chi connectivity index (χ4v) is 1.88. The number of halogens is 3. The lowest BCUT2D eigenvalue weighted by Crippen LogP contribution is -2.04. The Morgan fingerprint density at radius 1 is 1.10 bits per heavy atom. The van der Waals surface area contributed by atoms with E-state index in [0.717, 1.165) is 12.1 Å². The molecule has 102 valence electrons. The molecular weight excluding hydrogens is 271 g/mol. The molecule has 7 heteroatoms. The highest BCUT2D eigenvalue weighted by atomic mass is 19.4. The highest BCUT2D eigenvalue weighted by Gasteiger charge is 2.30. The molecule has 3 aromatic rings. The van der Waals surface area contributed by atoms with Crippen LogP contribution in [0, 0.1) is 0 Å². The molecule has 1 aromatic carbocycles. The number of hydrogen-bond acceptors (Lipinski definition) is 3. The maximum Gasteiger partial charge on any atom is 0.416 e. The van der Waals surface area contributed by atoms with Crippen molar-refractivity contribution in [3.05, 3.63) is 42.2 Å². The monoisotopic (exact) mass is 279 g/mol. The SMILES string of the molecule is Oc1cncc(-c2nc3ccc(C(F)(F)F)cc3[nH]2)c1. The van der Waals surface area contributed by atoms with E-state index in [9.17, 15) is 18.3 Å². The highest BCUT2D eigenvalue weighted by Crippen LogP contribution is 2.31. The zero-order valence-electron chi connectivity index (χ0n) is 9.94. The van der Waals surface area contributed by atoms with E-state index in [2.05, 4.69) is 15.0 Å². The van der Waals surface area contributed by atoms with Crippen molar-refractivity contribution in [3.63, 3.8) is 0 Å². The highest BCUT2D eigenvalue weighted by molar-refractivity contribution is 5.80. The number of aromatic amines is 1. The van der Waals surface area contributed by atoms with Crippen LogP contribution in [0.15, 0.2) is 36.7 Å². The molecule has 0 amide bonds. The first-order valence-corrected chi connectivity index (χ1v) is 5.65. The molecule has 4 nitrogen and oxygen atoms in total. The second-order valence-electron chi connectivity index (χ2n) is 4.25. The summed E-state index contributed by atoms with van der Waals surface area (Å²) in [4.78, 5) is 10.8. The standard InChI is InChI=1S/C13H8F3N3O/c14-13(15,16)8-1-2-10-11(4-8)19-12(18-10)7-3-9(20)6-17-5-7/h1-6,20H,(H,18,19). The molecule has 20 heavy (non-hydrogen) atoms. The third-order valence-electron chi connectivity index (χ3n) is 2.81. The largest absolute Gasteiger partial charge is 0.506 e. The van der Waals surface area contributed by atoms with Crippen molar-refractivity contribution in [1.82, 2.24) is 15.0 Å². The Bertz CT molecular complexity index is 780. The smallest absolute Gasteiger partial charge is 0.416 e. The third kappa shape index (κ3) is 2.18. The number of hydrogen-bond donors (Lipinski definition) is 2. The van der Waals surface area contributed by atoms with E-state index in [0.29, 0.717) is 16.9 Å². The van der Waals surface area contributed by atoms with Gasteiger partial charge in [0.1, 0.15) is 11.6 Å². The molecule has 0 aliphatic heterocycles. The number of aromatic hydroxyl groups is 1. The molecule has 0 unspecified atom stereocenters. The third-order valence-corrected chi connectivity index (χ3v) is 2.81. The second kappa shape index (κ2) is 4.22. The summed E-state index contributed by atoms with van der Waals surface area (Å²) in [6.45, 7) is 0. The van der Waals surface area contributed by atoms with Crippen LogP contribution in [0.5, 0.6) is 5.75 Å². The zero-order valence-corrected chi connectivity index (χ0v) is 9.94. The number of pyridine rings is 1. The summed E-state index contributed by atoms with van der Waals surface area (Å²) in [5.41, 5.74) is 0.443. The minimum absolute atomic E-state index is 0.0427. The van der Waals surface area contributed by atoms with Crippen molar-refractivity contribution in [2.75, 3.05) is 0 Å². The van der Waals surface area contributed by atoms with Crippen LogP contribution in [0.1, 0.15) is 5.56 Å². The van der Waals surface area contributed by atoms with Gasteiger partial charge in [0, 0.05) is 11.8 Å². The molecule has 2 heterocycles. The Hall–Kier alpha value is -2.57. The van der Waals surface area contributed by atoms with Gasteiger partial charge >= 0.3 is 6.18 Å². The van der Waals surface area contributed by atoms with Gasteiger partial charge in [-0.1, -0.05) is 0 Å². The molecule has 0 aliphatic carbocycles. The lowest BCUT2D eigenvalue weighted by Gasteiger charge is -2.05. The summed E-state index contributed by atoms with van der Waals surface area (Å²) in [6.07, 6.45) is -1.68. The van der Waals surface area contributed by atoms with Crippen molar-refractivity contribution in [2.24, 2.45) is 0 Å². The van der Waals surface area contributed by atoms with Crippen LogP contribution in [0.2, 0.25) is 0 Å². The summed E-state index contributed by atoms with van der Waals surface area (Å²) in [5.74, 6) is 0.307. The predicted molar refractivity (Wildman–Crippen MR) is 66.0 cm³/mol. The Morgan fingerprint density at radius 2 is 1.90 bits per heavy atom. The van der Waals surface area contributed by atoms with E-state index in [-0.39, 0.29) is 11.3 Å². The molecule has 0 saturated heterocycles. The molecule has 2 N–H and O–H groups in total. The van der Waals surface area contributed by atoms with Crippen LogP contribution in [-0.4, -0.2) is 20.1 Å². The molecule has 0 radical (unpaired) electrons. The minimum Gasteiger partial charge on any atom is -0.506 e. The number of nitrogens with zero attached hydrogens (tertiary/aromatic N) is 2. The van der Waals surface area contributed by atoms with Crippen LogP contribution in [-0.2, 0) is 6.18 Å². The molecule has 0 fully saturated rings. The number of fused-ring (bicyclic) bond motifs is 1. The zero-order chi connectivity index (χ0) is 14.3. The number of rotatable bonds is 1. The fraction of sp³-hybridized carbons (Fsp3) is 0.0769. The summed E-state index contributed by atoms with van der Waals surface area (Å²) in [7, 11) is 0. The fourth-order valence-electron chi connectivity index (χ4n) is 1.88. The molecule has 2 aromatic heterocycles. The number of imidazole rings is 1. The second-order valence-corrected chi connectivity index (χ2v) is 4.25. The minimum atomic E-state index is -4.40. The van der Waals surface area contributed by atoms with Gasteiger partial charge < -0.3 is 10.1 Å². The summed E-state index contributed by atoms with van der Waals surface area (Å²) in [6, 6.07) is 4.71. The number of aromatic nitrogens is 3. The molecule has 0 aliphatic rings. The van der Waals surface area contributed by atoms with E-state index in [1.165, 1.54) is 24.5 Å². The van der Waals surface area contributed by atoms with Gasteiger partial charge in [-0.25, -0.2) is 4.98 Å². The lowest BCUT2D eigenvalue weighted by molar-refractivity contribution is -0.137. The predicted octanol–water partition coefficient (Wildman–Crippen LogP) is 3.35. The Kier molecular flexibility index (Phi) is 2.63. The normalized spacial score (nSPS) is 11.9. The van der Waals surface area contributed by atoms with E-state index in [1.807, 2.05) is 0 Å². The van der Waals surface area contributed by atoms with Gasteiger partial charge in [0.2, 0.25) is 0 Å². The van der Waals surface area contributed by atoms with Crippen LogP contribution >= 0.6 is 0 Å². The lowest BCUT2D eigenvalue weighted by atomic mass is 10.2. The number of H-pyrrole nitrogens is 1. The summed E-state index contributed by atoms with van der Waals surface area (Å²) < 4.78 is 37.9. The van der Waals surface area contributed by atoms with Gasteiger partial charge in [-0.2, -0.15) is 13.2 Å². The topological polar surface area (TPSA) is 61.8 Å². The van der Waals surface area contributed by atoms with Crippen molar-refractivity contribution in [1.29, 1.82) is 0 Å². The summed E-state index contributed by atoms with van der Waals surface area (Å²) >= 11 is 0. The molecule has 0 bridgehead atoms. The number of benzene rings is 1. The van der Waals surface area contributed by atoms with Crippen LogP contribution < -0.4 is 0 Å². The maximum atomic E-state index is 12.6. The molecule has 0 saturated carbocycles. The molecule has 0 spiro atoms. The first-order chi connectivity index (χ1) is 9.43. The van der Waals surface area contributed by atoms with Gasteiger partial charge in [0.05, 0.1) is 22.8 Å². The van der Waals surface area contributed by atoms with Gasteiger partial charge in [-0.15, -0.1) is 0 Å². The van der Waals surface area contributed by atoms with Gasteiger partial charge in [-0.3, -0.25) is 4.98 Å². The van der Waals surface area contributed by atoms with E-state index in [1.54, 1.807) is 0 Å². The van der Waals surface area contributed by atoms with Gasteiger partial charge in [-0.05, 0) is 24.3 Å². The Labute approximate surface area is 110 Å². The molecule has 0 atom stereocenters. The van der Waals surface area contributed by atoms with Crippen LogP contribution in [0.4, 0.5) is 13.2 Å². The average Bonchev–Trinajstić information content (AvgIpc) is 2.80. The Morgan fingerprint density at radius 3 is 2.60 bits per heavy atom. The van der Waals surface area contributed by atoms with E-state index >= 15 is 0 Å². The van der Waals surface area contributed by atoms with E-state index in [4.69, 9.17) is 0 Å². The van der Waals surface area contributed by atoms with Crippen molar-refractivity contribution in [2.45, 2.75) is 6.18 Å². The average molecular weight is 279 g/mol. The van der Waals surface area contributed by atoms with Gasteiger partial charge in [0.25, 0.3) is 0 Å². The molecular formula is C13H8F3N3O. The molecule has 3 rings (SSSR count). The Balaban J connectivity index is 2.11. The number of nitrogens with one attached hydrogen (secondary N) is 1. The summed E-state index contributed by atoms with van der Waals surface area (Å²) in [5, 5.41) is 9.35. The van der Waals surface area contributed by atoms with Crippen molar-refractivity contribution < 1.29 is 18.3 Å². The van der Waals surface area contributed by atoms with Crippen molar-refractivity contribution >= 4 is 11.0 Å². The van der Waals surface area contributed by atoms with Gasteiger partial charge in [0.15, 0.2) is 0 Å². The van der Waals surface area contributed by atoms with Crippen molar-refractivity contribution in [3.8, 4) is 17.1 Å². The van der Waals surface area contributed by atoms with Crippen LogP contribution in [0.3, 0.4) is 0 Å².